The van der Waals surface area contributed by atoms with Gasteiger partial charge in [0.25, 0.3) is 0 Å². The van der Waals surface area contributed by atoms with E-state index in [0.717, 1.165) is 0 Å². The number of hydrogen-bond donors (Lipinski definition) is 3. The van der Waals surface area contributed by atoms with Crippen molar-refractivity contribution in [3.8, 4) is 17.2 Å². The van der Waals surface area contributed by atoms with Gasteiger partial charge in [-0.25, -0.2) is 4.57 Å². The largest absolute Gasteiger partial charge is 0.524 e. The predicted octanol–water partition coefficient (Wildman–Crippen LogP) is 2.03. The van der Waals surface area contributed by atoms with Crippen molar-refractivity contribution in [1.82, 2.24) is 0 Å². The van der Waals surface area contributed by atoms with E-state index in [1.807, 2.05) is 0 Å². The van der Waals surface area contributed by atoms with Crippen LogP contribution < -0.4 is 9.26 Å². The van der Waals surface area contributed by atoms with Gasteiger partial charge in [-0.3, -0.25) is 9.79 Å². The highest BCUT2D eigenvalue weighted by Crippen LogP contribution is 2.47. The molecule has 7 heteroatoms. The number of phosphoric acid groups is 1. The summed E-state index contributed by atoms with van der Waals surface area (Å²) in [5.74, 6) is -0.269. The van der Waals surface area contributed by atoms with Crippen molar-refractivity contribution in [2.75, 3.05) is 7.11 Å². The molecule has 0 amide bonds. The molecule has 2 rings (SSSR count). The Morgan fingerprint density at radius 2 is 1.78 bits per heavy atom. The molecule has 3 N–H and O–H groups in total. The van der Waals surface area contributed by atoms with E-state index in [0.29, 0.717) is 16.5 Å². The Morgan fingerprint density at radius 3 is 2.33 bits per heavy atom. The van der Waals surface area contributed by atoms with Gasteiger partial charge in [-0.1, -0.05) is 24.3 Å². The number of rotatable bonds is 3. The molecule has 0 aliphatic rings. The van der Waals surface area contributed by atoms with Crippen LogP contribution in [0.25, 0.3) is 10.8 Å². The lowest BCUT2D eigenvalue weighted by molar-refractivity contribution is 0.279. The minimum atomic E-state index is -4.74. The number of phenolic OH excluding ortho intramolecular Hbond substituents is 1. The van der Waals surface area contributed by atoms with Crippen LogP contribution in [0.2, 0.25) is 0 Å². The first kappa shape index (κ1) is 12.7. The van der Waals surface area contributed by atoms with Crippen LogP contribution >= 0.6 is 7.82 Å². The van der Waals surface area contributed by atoms with E-state index >= 15 is 0 Å². The van der Waals surface area contributed by atoms with Gasteiger partial charge < -0.3 is 14.4 Å². The Morgan fingerprint density at radius 1 is 1.17 bits per heavy atom. The molecule has 0 aromatic heterocycles. The summed E-state index contributed by atoms with van der Waals surface area (Å²) >= 11 is 0. The summed E-state index contributed by atoms with van der Waals surface area (Å²) in [6, 6.07) is 7.91. The fourth-order valence-corrected chi connectivity index (χ4v) is 2.11. The average Bonchev–Trinajstić information content (AvgIpc) is 2.31. The summed E-state index contributed by atoms with van der Waals surface area (Å²) in [5, 5.41) is 10.7. The van der Waals surface area contributed by atoms with Gasteiger partial charge in [0.15, 0.2) is 11.5 Å². The van der Waals surface area contributed by atoms with E-state index in [9.17, 15) is 9.67 Å². The molecule has 6 nitrogen and oxygen atoms in total. The monoisotopic (exact) mass is 270 g/mol. The normalized spacial score (nSPS) is 11.5. The summed E-state index contributed by atoms with van der Waals surface area (Å²) in [5.41, 5.74) is 0. The number of phosphoric ester groups is 1. The third-order valence-corrected chi connectivity index (χ3v) is 2.79. The summed E-state index contributed by atoms with van der Waals surface area (Å²) in [6.45, 7) is 0. The zero-order valence-electron chi connectivity index (χ0n) is 9.40. The van der Waals surface area contributed by atoms with E-state index in [2.05, 4.69) is 4.52 Å². The maximum atomic E-state index is 10.9. The third kappa shape index (κ3) is 2.41. The topological polar surface area (TPSA) is 96.2 Å². The van der Waals surface area contributed by atoms with Crippen molar-refractivity contribution in [2.24, 2.45) is 0 Å². The quantitative estimate of drug-likeness (QED) is 0.738. The lowest BCUT2D eigenvalue weighted by atomic mass is 10.1. The molecule has 0 radical (unpaired) electrons. The highest BCUT2D eigenvalue weighted by Gasteiger charge is 2.22. The smallest absolute Gasteiger partial charge is 0.504 e. The number of methoxy groups -OCH3 is 1. The predicted molar refractivity (Wildman–Crippen MR) is 64.8 cm³/mol. The van der Waals surface area contributed by atoms with Crippen molar-refractivity contribution in [3.05, 3.63) is 30.3 Å². The van der Waals surface area contributed by atoms with Crippen LogP contribution in [0, 0.1) is 0 Å². The van der Waals surface area contributed by atoms with Crippen molar-refractivity contribution >= 4 is 18.6 Å². The third-order valence-electron chi connectivity index (χ3n) is 2.37. The molecule has 0 aliphatic carbocycles. The molecule has 96 valence electrons. The zero-order valence-corrected chi connectivity index (χ0v) is 10.3. The maximum Gasteiger partial charge on any atom is 0.524 e. The van der Waals surface area contributed by atoms with Crippen LogP contribution in [0.1, 0.15) is 0 Å². The Kier molecular flexibility index (Phi) is 3.17. The lowest BCUT2D eigenvalue weighted by Crippen LogP contribution is -1.93. The van der Waals surface area contributed by atoms with Crippen molar-refractivity contribution in [1.29, 1.82) is 0 Å². The Bertz CT molecular complexity index is 633. The first-order valence-electron chi connectivity index (χ1n) is 4.96. The molecule has 0 fully saturated rings. The number of hydrogen-bond acceptors (Lipinski definition) is 4. The van der Waals surface area contributed by atoms with Crippen LogP contribution in [-0.4, -0.2) is 22.0 Å². The van der Waals surface area contributed by atoms with Gasteiger partial charge in [-0.15, -0.1) is 0 Å². The molecule has 0 saturated carbocycles. The van der Waals surface area contributed by atoms with Crippen LogP contribution in [-0.2, 0) is 4.57 Å². The fraction of sp³-hybridized carbons (Fsp3) is 0.0909. The summed E-state index contributed by atoms with van der Waals surface area (Å²) in [4.78, 5) is 17.7. The van der Waals surface area contributed by atoms with Crippen LogP contribution in [0.15, 0.2) is 30.3 Å². The maximum absolute atomic E-state index is 10.9. The van der Waals surface area contributed by atoms with Crippen LogP contribution in [0.5, 0.6) is 17.2 Å². The molecule has 0 heterocycles. The van der Waals surface area contributed by atoms with Crippen molar-refractivity contribution < 1.29 is 28.7 Å². The summed E-state index contributed by atoms with van der Waals surface area (Å²) < 4.78 is 20.5. The first-order chi connectivity index (χ1) is 8.42. The van der Waals surface area contributed by atoms with Gasteiger partial charge in [-0.2, -0.15) is 0 Å². The zero-order chi connectivity index (χ0) is 13.3. The number of phenols is 1. The van der Waals surface area contributed by atoms with Gasteiger partial charge in [0.05, 0.1) is 7.11 Å². The van der Waals surface area contributed by atoms with Crippen LogP contribution in [0.3, 0.4) is 0 Å². The summed E-state index contributed by atoms with van der Waals surface area (Å²) in [7, 11) is -3.31. The Balaban J connectivity index is 2.73. The van der Waals surface area contributed by atoms with Gasteiger partial charge in [0.1, 0.15) is 5.75 Å². The number of benzene rings is 2. The number of fused-ring (bicyclic) bond motifs is 1. The van der Waals surface area contributed by atoms with E-state index in [1.165, 1.54) is 13.2 Å². The molecule has 2 aromatic rings. The van der Waals surface area contributed by atoms with E-state index in [-0.39, 0.29) is 5.75 Å². The molecular weight excluding hydrogens is 259 g/mol. The average molecular weight is 270 g/mol. The second kappa shape index (κ2) is 4.49. The first-order valence-corrected chi connectivity index (χ1v) is 6.49. The highest BCUT2D eigenvalue weighted by molar-refractivity contribution is 7.46. The van der Waals surface area contributed by atoms with E-state index < -0.39 is 13.6 Å². The van der Waals surface area contributed by atoms with Crippen molar-refractivity contribution in [3.63, 3.8) is 0 Å². The molecule has 0 atom stereocenters. The molecule has 0 bridgehead atoms. The highest BCUT2D eigenvalue weighted by atomic mass is 31.2. The van der Waals surface area contributed by atoms with E-state index in [1.54, 1.807) is 24.3 Å². The van der Waals surface area contributed by atoms with Crippen LogP contribution in [0.4, 0.5) is 0 Å². The second-order valence-electron chi connectivity index (χ2n) is 3.55. The molecule has 0 spiro atoms. The molecular formula is C11H11O6P. The second-order valence-corrected chi connectivity index (χ2v) is 4.72. The molecule has 2 aromatic carbocycles. The Labute approximate surface area is 103 Å². The van der Waals surface area contributed by atoms with E-state index in [4.69, 9.17) is 14.5 Å². The van der Waals surface area contributed by atoms with Crippen molar-refractivity contribution in [2.45, 2.75) is 0 Å². The minimum absolute atomic E-state index is 0.264. The standard InChI is InChI=1S/C11H11O6P/c1-16-10-6-9(12)11(17-18(13,14)15)8-5-3-2-4-7(8)10/h2-6,12H,1H3,(H2,13,14,15). The SMILES string of the molecule is COc1cc(O)c(OP(=O)(O)O)c2ccccc12. The van der Waals surface area contributed by atoms with Gasteiger partial charge in [-0.05, 0) is 0 Å². The summed E-state index contributed by atoms with van der Waals surface area (Å²) in [6.07, 6.45) is 0. The number of ether oxygens (including phenoxy) is 1. The lowest BCUT2D eigenvalue weighted by Gasteiger charge is -2.13. The van der Waals surface area contributed by atoms with Gasteiger partial charge in [0.2, 0.25) is 0 Å². The Hall–Kier alpha value is -1.75. The van der Waals surface area contributed by atoms with Gasteiger partial charge in [0, 0.05) is 16.8 Å². The fourth-order valence-electron chi connectivity index (χ4n) is 1.69. The van der Waals surface area contributed by atoms with Gasteiger partial charge >= 0.3 is 7.82 Å². The minimum Gasteiger partial charge on any atom is -0.504 e. The number of aromatic hydroxyl groups is 1. The molecule has 18 heavy (non-hydrogen) atoms. The molecule has 0 aliphatic heterocycles. The molecule has 0 saturated heterocycles. The molecule has 0 unspecified atom stereocenters.